The summed E-state index contributed by atoms with van der Waals surface area (Å²) in [5, 5.41) is 9.77. The van der Waals surface area contributed by atoms with Crippen molar-refractivity contribution < 1.29 is 5.11 Å². The van der Waals surface area contributed by atoms with Crippen molar-refractivity contribution in [3.05, 3.63) is 0 Å². The van der Waals surface area contributed by atoms with Crippen LogP contribution in [-0.2, 0) is 0 Å². The average molecular weight is 203 g/mol. The minimum atomic E-state index is 0.216. The molecule has 1 saturated heterocycles. The van der Waals surface area contributed by atoms with Crippen LogP contribution in [0.1, 0.15) is 33.1 Å². The Labute approximate surface area is 85.3 Å². The molecule has 1 aliphatic heterocycles. The van der Waals surface area contributed by atoms with Gasteiger partial charge in [0.1, 0.15) is 0 Å². The van der Waals surface area contributed by atoms with Gasteiger partial charge in [0.05, 0.1) is 0 Å². The normalized spacial score (nSPS) is 36.5. The highest BCUT2D eigenvalue weighted by Gasteiger charge is 2.41. The molecule has 0 amide bonds. The number of nitrogens with two attached hydrogens (primary N) is 1. The zero-order valence-electron chi connectivity index (χ0n) is 8.62. The summed E-state index contributed by atoms with van der Waals surface area (Å²) in [6, 6.07) is 0.261. The maximum absolute atomic E-state index is 9.06. The maximum Gasteiger partial charge on any atom is 0.0437 e. The third-order valence-corrected chi connectivity index (χ3v) is 4.66. The Morgan fingerprint density at radius 1 is 1.69 bits per heavy atom. The third-order valence-electron chi connectivity index (χ3n) is 3.19. The Kier molecular flexibility index (Phi) is 4.07. The lowest BCUT2D eigenvalue weighted by atomic mass is 9.75. The minimum absolute atomic E-state index is 0.216. The molecular formula is C10H21NOS. The first-order chi connectivity index (χ1) is 6.14. The molecular weight excluding hydrogens is 182 g/mol. The molecule has 0 aliphatic carbocycles. The lowest BCUT2D eigenvalue weighted by molar-refractivity contribution is 0.164. The van der Waals surface area contributed by atoms with Crippen molar-refractivity contribution >= 4 is 11.8 Å². The molecule has 3 atom stereocenters. The van der Waals surface area contributed by atoms with Gasteiger partial charge in [-0.15, -0.1) is 0 Å². The van der Waals surface area contributed by atoms with E-state index < -0.39 is 0 Å². The van der Waals surface area contributed by atoms with Gasteiger partial charge in [-0.05, 0) is 24.7 Å². The van der Waals surface area contributed by atoms with E-state index in [0.29, 0.717) is 5.25 Å². The molecule has 78 valence electrons. The van der Waals surface area contributed by atoms with Crippen LogP contribution in [0.3, 0.4) is 0 Å². The highest BCUT2D eigenvalue weighted by atomic mass is 32.2. The molecule has 1 heterocycles. The first-order valence-electron chi connectivity index (χ1n) is 5.12. The SMILES string of the molecule is CCC(N)C1(CCO)CSC(C)C1. The molecule has 3 unspecified atom stereocenters. The number of hydrogen-bond acceptors (Lipinski definition) is 3. The van der Waals surface area contributed by atoms with Gasteiger partial charge in [0, 0.05) is 23.7 Å². The number of hydrogen-bond donors (Lipinski definition) is 2. The third kappa shape index (κ3) is 2.39. The zero-order valence-corrected chi connectivity index (χ0v) is 9.44. The van der Waals surface area contributed by atoms with E-state index >= 15 is 0 Å². The molecule has 1 rings (SSSR count). The van der Waals surface area contributed by atoms with Crippen molar-refractivity contribution in [1.82, 2.24) is 0 Å². The quantitative estimate of drug-likeness (QED) is 0.730. The maximum atomic E-state index is 9.06. The van der Waals surface area contributed by atoms with Gasteiger partial charge in [-0.25, -0.2) is 0 Å². The van der Waals surface area contributed by atoms with Crippen LogP contribution in [0.4, 0.5) is 0 Å². The standard InChI is InChI=1S/C10H21NOS/c1-3-9(11)10(4-5-12)6-8(2)13-7-10/h8-9,12H,3-7,11H2,1-2H3. The van der Waals surface area contributed by atoms with E-state index in [-0.39, 0.29) is 18.1 Å². The smallest absolute Gasteiger partial charge is 0.0437 e. The van der Waals surface area contributed by atoms with Crippen molar-refractivity contribution in [2.75, 3.05) is 12.4 Å². The molecule has 0 spiro atoms. The largest absolute Gasteiger partial charge is 0.396 e. The number of thioether (sulfide) groups is 1. The Balaban J connectivity index is 2.64. The van der Waals surface area contributed by atoms with Gasteiger partial charge in [0.15, 0.2) is 0 Å². The van der Waals surface area contributed by atoms with Gasteiger partial charge in [-0.1, -0.05) is 13.8 Å². The first kappa shape index (κ1) is 11.3. The number of aliphatic hydroxyl groups is 1. The summed E-state index contributed by atoms with van der Waals surface area (Å²) in [4.78, 5) is 0. The van der Waals surface area contributed by atoms with Crippen LogP contribution in [0.25, 0.3) is 0 Å². The van der Waals surface area contributed by atoms with Gasteiger partial charge in [-0.3, -0.25) is 0 Å². The van der Waals surface area contributed by atoms with Gasteiger partial charge < -0.3 is 10.8 Å². The Morgan fingerprint density at radius 3 is 2.77 bits per heavy atom. The molecule has 2 nitrogen and oxygen atoms in total. The summed E-state index contributed by atoms with van der Waals surface area (Å²) in [6.45, 7) is 4.67. The van der Waals surface area contributed by atoms with Gasteiger partial charge in [0.25, 0.3) is 0 Å². The minimum Gasteiger partial charge on any atom is -0.396 e. The molecule has 0 radical (unpaired) electrons. The van der Waals surface area contributed by atoms with E-state index in [1.807, 2.05) is 11.8 Å². The van der Waals surface area contributed by atoms with E-state index in [4.69, 9.17) is 10.8 Å². The van der Waals surface area contributed by atoms with Gasteiger partial charge in [-0.2, -0.15) is 11.8 Å². The van der Waals surface area contributed by atoms with E-state index in [1.165, 1.54) is 6.42 Å². The summed E-state index contributed by atoms with van der Waals surface area (Å²) in [5.74, 6) is 1.13. The summed E-state index contributed by atoms with van der Waals surface area (Å²) < 4.78 is 0. The zero-order chi connectivity index (χ0) is 9.90. The second-order valence-corrected chi connectivity index (χ2v) is 5.60. The second-order valence-electron chi connectivity index (χ2n) is 4.18. The van der Waals surface area contributed by atoms with Crippen LogP contribution in [0.5, 0.6) is 0 Å². The van der Waals surface area contributed by atoms with E-state index in [0.717, 1.165) is 18.6 Å². The molecule has 3 heteroatoms. The summed E-state index contributed by atoms with van der Waals surface area (Å²) in [5.41, 5.74) is 6.35. The Bertz CT molecular complexity index is 161. The van der Waals surface area contributed by atoms with E-state index in [2.05, 4.69) is 13.8 Å². The van der Waals surface area contributed by atoms with E-state index in [9.17, 15) is 0 Å². The van der Waals surface area contributed by atoms with Crippen LogP contribution >= 0.6 is 11.8 Å². The molecule has 3 N–H and O–H groups in total. The first-order valence-corrected chi connectivity index (χ1v) is 6.17. The lowest BCUT2D eigenvalue weighted by Crippen LogP contribution is -2.42. The van der Waals surface area contributed by atoms with Gasteiger partial charge in [0.2, 0.25) is 0 Å². The molecule has 0 aromatic carbocycles. The molecule has 0 aromatic rings. The fourth-order valence-electron chi connectivity index (χ4n) is 2.27. The van der Waals surface area contributed by atoms with E-state index in [1.54, 1.807) is 0 Å². The molecule has 1 aliphatic rings. The van der Waals surface area contributed by atoms with Crippen molar-refractivity contribution in [1.29, 1.82) is 0 Å². The van der Waals surface area contributed by atoms with Crippen molar-refractivity contribution in [2.45, 2.75) is 44.4 Å². The Hall–Kier alpha value is 0.270. The lowest BCUT2D eigenvalue weighted by Gasteiger charge is -2.33. The average Bonchev–Trinajstić information content (AvgIpc) is 2.48. The van der Waals surface area contributed by atoms with Crippen LogP contribution in [0.2, 0.25) is 0 Å². The summed E-state index contributed by atoms with van der Waals surface area (Å²) in [7, 11) is 0. The highest BCUT2D eigenvalue weighted by Crippen LogP contribution is 2.45. The highest BCUT2D eigenvalue weighted by molar-refractivity contribution is 8.00. The molecule has 1 fully saturated rings. The van der Waals surface area contributed by atoms with Crippen molar-refractivity contribution in [2.24, 2.45) is 11.1 Å². The fraction of sp³-hybridized carbons (Fsp3) is 1.00. The van der Waals surface area contributed by atoms with Gasteiger partial charge >= 0.3 is 0 Å². The van der Waals surface area contributed by atoms with Crippen LogP contribution in [0.15, 0.2) is 0 Å². The van der Waals surface area contributed by atoms with Crippen LogP contribution in [0, 0.1) is 5.41 Å². The molecule has 0 saturated carbocycles. The summed E-state index contributed by atoms with van der Waals surface area (Å²) >= 11 is 2.00. The number of rotatable bonds is 4. The predicted molar refractivity (Wildman–Crippen MR) is 58.9 cm³/mol. The molecule has 13 heavy (non-hydrogen) atoms. The van der Waals surface area contributed by atoms with Crippen LogP contribution in [-0.4, -0.2) is 28.8 Å². The second kappa shape index (κ2) is 4.67. The predicted octanol–water partition coefficient (Wildman–Crippen LogP) is 1.62. The fourth-order valence-corrected chi connectivity index (χ4v) is 3.81. The Morgan fingerprint density at radius 2 is 2.38 bits per heavy atom. The number of aliphatic hydroxyl groups excluding tert-OH is 1. The topological polar surface area (TPSA) is 46.2 Å². The van der Waals surface area contributed by atoms with Crippen molar-refractivity contribution in [3.8, 4) is 0 Å². The van der Waals surface area contributed by atoms with Crippen molar-refractivity contribution in [3.63, 3.8) is 0 Å². The van der Waals surface area contributed by atoms with Crippen LogP contribution < -0.4 is 5.73 Å². The summed E-state index contributed by atoms with van der Waals surface area (Å²) in [6.07, 6.45) is 3.07. The molecule has 0 bridgehead atoms. The molecule has 0 aromatic heterocycles. The monoisotopic (exact) mass is 203 g/mol.